The van der Waals surface area contributed by atoms with Gasteiger partial charge in [-0.05, 0) is 48.0 Å². The number of para-hydroxylation sites is 4. The molecule has 39 heavy (non-hydrogen) atoms. The van der Waals surface area contributed by atoms with E-state index in [1.807, 2.05) is 40.8 Å². The second kappa shape index (κ2) is 8.26. The van der Waals surface area contributed by atoms with Crippen LogP contribution in [-0.2, 0) is 0 Å². The van der Waals surface area contributed by atoms with E-state index >= 15 is 0 Å². The maximum absolute atomic E-state index is 10.6. The van der Waals surface area contributed by atoms with Crippen molar-refractivity contribution in [1.82, 2.24) is 18.9 Å². The number of phenols is 1. The monoisotopic (exact) mass is 503 g/mol. The quantitative estimate of drug-likeness (QED) is 0.223. The standard InChI is InChI=1S/C33H21N5O/c39-30-18-8-14-26-31(30)33-35-32-25(13-7-17-29(32)36(33)20-34-26)22-9-6-12-24(19-22)38-21-37(23-10-2-1-3-11-23)27-15-4-5-16-28(27)38/h1-20,39H. The molecule has 0 fully saturated rings. The molecule has 5 aromatic carbocycles. The Balaban J connectivity index is 1.34. The zero-order chi connectivity index (χ0) is 25.9. The van der Waals surface area contributed by atoms with Crippen molar-refractivity contribution in [3.63, 3.8) is 0 Å². The summed E-state index contributed by atoms with van der Waals surface area (Å²) in [5, 5.41) is 11.3. The second-order valence-electron chi connectivity index (χ2n) is 9.54. The number of benzene rings is 5. The van der Waals surface area contributed by atoms with Gasteiger partial charge in [-0.25, -0.2) is 9.97 Å². The molecule has 0 bridgehead atoms. The van der Waals surface area contributed by atoms with Gasteiger partial charge in [0.2, 0.25) is 0 Å². The van der Waals surface area contributed by atoms with Gasteiger partial charge in [0.25, 0.3) is 6.33 Å². The number of hydrogen-bond donors (Lipinski definition) is 1. The summed E-state index contributed by atoms with van der Waals surface area (Å²) in [7, 11) is 0. The van der Waals surface area contributed by atoms with Crippen molar-refractivity contribution in [1.29, 1.82) is 0 Å². The minimum Gasteiger partial charge on any atom is -0.507 e. The Morgan fingerprint density at radius 2 is 1.54 bits per heavy atom. The molecular weight excluding hydrogens is 482 g/mol. The normalized spacial score (nSPS) is 11.7. The minimum absolute atomic E-state index is 0.172. The molecule has 0 amide bonds. The van der Waals surface area contributed by atoms with Crippen LogP contribution in [-0.4, -0.2) is 24.0 Å². The van der Waals surface area contributed by atoms with Crippen molar-refractivity contribution in [3.8, 4) is 28.3 Å². The fourth-order valence-corrected chi connectivity index (χ4v) is 5.46. The Bertz CT molecular complexity index is 2190. The maximum Gasteiger partial charge on any atom is 0.269 e. The van der Waals surface area contributed by atoms with E-state index in [9.17, 15) is 5.11 Å². The van der Waals surface area contributed by atoms with Crippen molar-refractivity contribution >= 4 is 38.6 Å². The van der Waals surface area contributed by atoms with Crippen molar-refractivity contribution in [2.24, 2.45) is 0 Å². The van der Waals surface area contributed by atoms with Gasteiger partial charge in [0.1, 0.15) is 12.1 Å². The first-order chi connectivity index (χ1) is 19.3. The summed E-state index contributed by atoms with van der Waals surface area (Å²) in [6.07, 6.45) is 5.34. The zero-order valence-corrected chi connectivity index (χ0v) is 20.7. The molecular formula is C33H21N5O. The van der Waals surface area contributed by atoms with Gasteiger partial charge < -0.3 is 5.11 Å². The van der Waals surface area contributed by atoms with Gasteiger partial charge in [-0.1, -0.05) is 72.8 Å². The lowest BCUT2D eigenvalue weighted by Gasteiger charge is -2.08. The fraction of sp³-hybridized carbons (Fsp3) is 0. The molecule has 0 spiro atoms. The van der Waals surface area contributed by atoms with Crippen LogP contribution in [0.5, 0.6) is 5.75 Å². The molecule has 6 heteroatoms. The Hall–Kier alpha value is -5.49. The number of phenolic OH excluding ortho intramolecular Hbond substituents is 1. The Morgan fingerprint density at radius 3 is 2.46 bits per heavy atom. The molecule has 0 aliphatic carbocycles. The predicted molar refractivity (Wildman–Crippen MR) is 152 cm³/mol. The van der Waals surface area contributed by atoms with Crippen LogP contribution in [0.25, 0.3) is 61.1 Å². The van der Waals surface area contributed by atoms with E-state index in [1.165, 1.54) is 0 Å². The van der Waals surface area contributed by atoms with Gasteiger partial charge in [-0.2, -0.15) is 0 Å². The maximum atomic E-state index is 10.6. The van der Waals surface area contributed by atoms with Crippen molar-refractivity contribution in [3.05, 3.63) is 128 Å². The summed E-state index contributed by atoms with van der Waals surface area (Å²) in [5.41, 5.74) is 9.44. The fourth-order valence-electron chi connectivity index (χ4n) is 5.46. The first-order valence-corrected chi connectivity index (χ1v) is 12.7. The number of nitrogens with zero attached hydrogens (tertiary/aromatic N) is 5. The molecule has 0 aliphatic rings. The highest BCUT2D eigenvalue weighted by atomic mass is 16.3. The largest absolute Gasteiger partial charge is 0.507 e. The molecule has 8 rings (SSSR count). The topological polar surface area (TPSA) is 59.2 Å². The summed E-state index contributed by atoms with van der Waals surface area (Å²) < 4.78 is 6.14. The van der Waals surface area contributed by atoms with Crippen LogP contribution in [0.3, 0.4) is 0 Å². The van der Waals surface area contributed by atoms with Crippen LogP contribution >= 0.6 is 0 Å². The van der Waals surface area contributed by atoms with E-state index in [0.717, 1.165) is 44.6 Å². The second-order valence-corrected chi connectivity index (χ2v) is 9.54. The summed E-state index contributed by atoms with van der Waals surface area (Å²) in [4.78, 5) is 9.58. The molecule has 1 N–H and O–H groups in total. The van der Waals surface area contributed by atoms with E-state index in [-0.39, 0.29) is 5.75 Å². The third kappa shape index (κ3) is 3.25. The zero-order valence-electron chi connectivity index (χ0n) is 20.7. The third-order valence-electron chi connectivity index (χ3n) is 7.27. The lowest BCUT2D eigenvalue weighted by Crippen LogP contribution is -2.29. The van der Waals surface area contributed by atoms with Gasteiger partial charge in [0.15, 0.2) is 5.65 Å². The van der Waals surface area contributed by atoms with E-state index in [4.69, 9.17) is 4.98 Å². The van der Waals surface area contributed by atoms with Crippen LogP contribution in [0.4, 0.5) is 0 Å². The van der Waals surface area contributed by atoms with Crippen LogP contribution < -0.4 is 4.57 Å². The Kier molecular flexibility index (Phi) is 4.57. The summed E-state index contributed by atoms with van der Waals surface area (Å²) in [6, 6.07) is 38.6. The molecule has 0 atom stereocenters. The smallest absolute Gasteiger partial charge is 0.269 e. The van der Waals surface area contributed by atoms with E-state index in [2.05, 4.69) is 87.2 Å². The van der Waals surface area contributed by atoms with Crippen LogP contribution in [0, 0.1) is 6.33 Å². The molecule has 0 saturated heterocycles. The highest BCUT2D eigenvalue weighted by molar-refractivity contribution is 6.03. The number of aromatic nitrogens is 5. The van der Waals surface area contributed by atoms with Gasteiger partial charge in [-0.3, -0.25) is 13.5 Å². The van der Waals surface area contributed by atoms with Crippen molar-refractivity contribution in [2.45, 2.75) is 0 Å². The predicted octanol–water partition coefficient (Wildman–Crippen LogP) is 6.43. The van der Waals surface area contributed by atoms with Crippen LogP contribution in [0.15, 0.2) is 122 Å². The van der Waals surface area contributed by atoms with Gasteiger partial charge in [0.05, 0.1) is 44.3 Å². The summed E-state index contributed by atoms with van der Waals surface area (Å²) in [6.45, 7) is 0. The van der Waals surface area contributed by atoms with Gasteiger partial charge >= 0.3 is 0 Å². The number of hydrogen-bond acceptors (Lipinski definition) is 3. The highest BCUT2D eigenvalue weighted by Crippen LogP contribution is 2.33. The molecule has 8 aromatic rings. The molecule has 3 heterocycles. The first-order valence-electron chi connectivity index (χ1n) is 12.7. The minimum atomic E-state index is 0.172. The average molecular weight is 504 g/mol. The number of fused-ring (bicyclic) bond motifs is 6. The molecule has 184 valence electrons. The number of rotatable bonds is 3. The van der Waals surface area contributed by atoms with E-state index in [1.54, 1.807) is 18.5 Å². The summed E-state index contributed by atoms with van der Waals surface area (Å²) in [5.74, 6) is 0.172. The lowest BCUT2D eigenvalue weighted by atomic mass is 10.0. The van der Waals surface area contributed by atoms with Crippen molar-refractivity contribution in [2.75, 3.05) is 0 Å². The summed E-state index contributed by atoms with van der Waals surface area (Å²) >= 11 is 0. The van der Waals surface area contributed by atoms with Gasteiger partial charge in [0, 0.05) is 5.56 Å². The van der Waals surface area contributed by atoms with Gasteiger partial charge in [-0.15, -0.1) is 0 Å². The van der Waals surface area contributed by atoms with E-state index in [0.29, 0.717) is 16.6 Å². The molecule has 0 aliphatic heterocycles. The van der Waals surface area contributed by atoms with Crippen LogP contribution in [0.2, 0.25) is 0 Å². The number of imidazole rings is 2. The lowest BCUT2D eigenvalue weighted by molar-refractivity contribution is -0.572. The molecule has 0 radical (unpaired) electrons. The Labute approximate surface area is 223 Å². The third-order valence-corrected chi connectivity index (χ3v) is 7.27. The first kappa shape index (κ1) is 21.6. The van der Waals surface area contributed by atoms with Crippen molar-refractivity contribution < 1.29 is 9.67 Å². The number of aromatic hydroxyl groups is 1. The Morgan fingerprint density at radius 1 is 0.744 bits per heavy atom. The van der Waals surface area contributed by atoms with E-state index < -0.39 is 0 Å². The molecule has 0 saturated carbocycles. The SMILES string of the molecule is Oc1cccc2ncn3c4cccc(-c5cccc(-[n+]6[c-]n(-c7ccccc7)c7ccccc76)c5)c4nc3c12. The molecule has 3 aromatic heterocycles. The highest BCUT2D eigenvalue weighted by Gasteiger charge is 2.16. The van der Waals surface area contributed by atoms with Crippen LogP contribution in [0.1, 0.15) is 0 Å². The molecule has 6 nitrogen and oxygen atoms in total. The average Bonchev–Trinajstić information content (AvgIpc) is 3.57. The molecule has 0 unspecified atom stereocenters.